The average molecular weight is 226 g/mol. The molecule has 3 unspecified atom stereocenters. The van der Waals surface area contributed by atoms with Crippen LogP contribution in [0.3, 0.4) is 0 Å². The summed E-state index contributed by atoms with van der Waals surface area (Å²) in [6.45, 7) is 3.64. The molecule has 92 valence electrons. The Morgan fingerprint density at radius 1 is 1.38 bits per heavy atom. The van der Waals surface area contributed by atoms with Crippen LogP contribution in [0.5, 0.6) is 0 Å². The van der Waals surface area contributed by atoms with E-state index in [0.717, 1.165) is 38.7 Å². The van der Waals surface area contributed by atoms with Crippen LogP contribution < -0.4 is 0 Å². The fourth-order valence-electron chi connectivity index (χ4n) is 3.51. The van der Waals surface area contributed by atoms with Crippen LogP contribution in [-0.4, -0.2) is 24.3 Å². The standard InChI is InChI=1S/C13H22O3/c1-10-4-2-6-13(8-10,12(14)15)11-5-3-7-16-9-11/h10-11H,2-9H2,1H3,(H,14,15). The van der Waals surface area contributed by atoms with Gasteiger partial charge in [-0.05, 0) is 37.5 Å². The monoisotopic (exact) mass is 226 g/mol. The van der Waals surface area contributed by atoms with E-state index in [1.807, 2.05) is 0 Å². The molecule has 0 aromatic heterocycles. The zero-order chi connectivity index (χ0) is 11.6. The summed E-state index contributed by atoms with van der Waals surface area (Å²) in [4.78, 5) is 11.7. The summed E-state index contributed by atoms with van der Waals surface area (Å²) >= 11 is 0. The third-order valence-electron chi connectivity index (χ3n) is 4.40. The van der Waals surface area contributed by atoms with Gasteiger partial charge in [-0.2, -0.15) is 0 Å². The highest BCUT2D eigenvalue weighted by atomic mass is 16.5. The summed E-state index contributed by atoms with van der Waals surface area (Å²) in [6, 6.07) is 0. The van der Waals surface area contributed by atoms with Crippen LogP contribution in [0, 0.1) is 17.3 Å². The van der Waals surface area contributed by atoms with Crippen LogP contribution >= 0.6 is 0 Å². The van der Waals surface area contributed by atoms with Gasteiger partial charge in [0.2, 0.25) is 0 Å². The Morgan fingerprint density at radius 3 is 2.75 bits per heavy atom. The average Bonchev–Trinajstić information content (AvgIpc) is 2.30. The Hall–Kier alpha value is -0.570. The van der Waals surface area contributed by atoms with E-state index in [2.05, 4.69) is 6.92 Å². The maximum Gasteiger partial charge on any atom is 0.310 e. The van der Waals surface area contributed by atoms with Gasteiger partial charge >= 0.3 is 5.97 Å². The van der Waals surface area contributed by atoms with Crippen LogP contribution in [0.25, 0.3) is 0 Å². The molecule has 0 amide bonds. The minimum atomic E-state index is -0.588. The molecule has 1 saturated heterocycles. The zero-order valence-electron chi connectivity index (χ0n) is 10.1. The number of carboxylic acids is 1. The molecule has 0 bridgehead atoms. The molecule has 1 aliphatic heterocycles. The number of hydrogen-bond acceptors (Lipinski definition) is 2. The molecule has 0 radical (unpaired) electrons. The lowest BCUT2D eigenvalue weighted by Crippen LogP contribution is -2.45. The first kappa shape index (κ1) is 11.9. The number of ether oxygens (including phenoxy) is 1. The third kappa shape index (κ3) is 2.10. The van der Waals surface area contributed by atoms with Crippen molar-refractivity contribution in [3.05, 3.63) is 0 Å². The largest absolute Gasteiger partial charge is 0.481 e. The molecular weight excluding hydrogens is 204 g/mol. The predicted molar refractivity (Wildman–Crippen MR) is 61.2 cm³/mol. The van der Waals surface area contributed by atoms with E-state index in [-0.39, 0.29) is 5.92 Å². The second-order valence-electron chi connectivity index (χ2n) is 5.58. The molecule has 0 spiro atoms. The first-order valence-corrected chi connectivity index (χ1v) is 6.46. The minimum absolute atomic E-state index is 0.237. The summed E-state index contributed by atoms with van der Waals surface area (Å²) in [5, 5.41) is 9.60. The normalized spacial score (nSPS) is 40.6. The molecule has 2 fully saturated rings. The Labute approximate surface area is 97.2 Å². The lowest BCUT2D eigenvalue weighted by Gasteiger charge is -2.43. The summed E-state index contributed by atoms with van der Waals surface area (Å²) < 4.78 is 5.48. The molecule has 1 saturated carbocycles. The quantitative estimate of drug-likeness (QED) is 0.787. The minimum Gasteiger partial charge on any atom is -0.481 e. The molecule has 1 aliphatic carbocycles. The molecule has 3 nitrogen and oxygen atoms in total. The molecule has 2 rings (SSSR count). The summed E-state index contributed by atoms with van der Waals surface area (Å²) in [5.41, 5.74) is -0.488. The van der Waals surface area contributed by atoms with Crippen LogP contribution in [0.15, 0.2) is 0 Å². The fraction of sp³-hybridized carbons (Fsp3) is 0.923. The van der Waals surface area contributed by atoms with Gasteiger partial charge in [0.25, 0.3) is 0 Å². The number of carbonyl (C=O) groups is 1. The van der Waals surface area contributed by atoms with E-state index in [1.165, 1.54) is 6.42 Å². The topological polar surface area (TPSA) is 46.5 Å². The van der Waals surface area contributed by atoms with Gasteiger partial charge in [0, 0.05) is 6.61 Å². The lowest BCUT2D eigenvalue weighted by molar-refractivity contribution is -0.161. The Bertz CT molecular complexity index is 258. The van der Waals surface area contributed by atoms with Crippen LogP contribution in [-0.2, 0) is 9.53 Å². The molecule has 0 aromatic rings. The van der Waals surface area contributed by atoms with Gasteiger partial charge in [0.05, 0.1) is 12.0 Å². The van der Waals surface area contributed by atoms with Crippen molar-refractivity contribution in [1.82, 2.24) is 0 Å². The van der Waals surface area contributed by atoms with Crippen LogP contribution in [0.2, 0.25) is 0 Å². The maximum atomic E-state index is 11.7. The molecule has 0 aromatic carbocycles. The maximum absolute atomic E-state index is 11.7. The molecule has 1 heterocycles. The number of hydrogen-bond donors (Lipinski definition) is 1. The van der Waals surface area contributed by atoms with E-state index in [1.54, 1.807) is 0 Å². The van der Waals surface area contributed by atoms with Crippen LogP contribution in [0.4, 0.5) is 0 Å². The van der Waals surface area contributed by atoms with Crippen molar-refractivity contribution < 1.29 is 14.6 Å². The number of rotatable bonds is 2. The number of aliphatic carboxylic acids is 1. The highest BCUT2D eigenvalue weighted by molar-refractivity contribution is 5.75. The second kappa shape index (κ2) is 4.74. The van der Waals surface area contributed by atoms with Gasteiger partial charge < -0.3 is 9.84 Å². The predicted octanol–water partition coefficient (Wildman–Crippen LogP) is 2.69. The highest BCUT2D eigenvalue weighted by Gasteiger charge is 2.48. The van der Waals surface area contributed by atoms with Crippen molar-refractivity contribution in [3.63, 3.8) is 0 Å². The van der Waals surface area contributed by atoms with Gasteiger partial charge in [-0.25, -0.2) is 0 Å². The second-order valence-corrected chi connectivity index (χ2v) is 5.58. The first-order chi connectivity index (χ1) is 7.65. The molecule has 3 atom stereocenters. The van der Waals surface area contributed by atoms with E-state index >= 15 is 0 Å². The Morgan fingerprint density at radius 2 is 2.19 bits per heavy atom. The molecular formula is C13H22O3. The summed E-state index contributed by atoms with van der Waals surface area (Å²) in [7, 11) is 0. The smallest absolute Gasteiger partial charge is 0.310 e. The van der Waals surface area contributed by atoms with Crippen molar-refractivity contribution in [2.24, 2.45) is 17.3 Å². The van der Waals surface area contributed by atoms with Crippen molar-refractivity contribution in [2.75, 3.05) is 13.2 Å². The van der Waals surface area contributed by atoms with E-state index < -0.39 is 11.4 Å². The van der Waals surface area contributed by atoms with E-state index in [0.29, 0.717) is 12.5 Å². The van der Waals surface area contributed by atoms with E-state index in [4.69, 9.17) is 4.74 Å². The van der Waals surface area contributed by atoms with Crippen LogP contribution in [0.1, 0.15) is 45.4 Å². The zero-order valence-corrected chi connectivity index (χ0v) is 10.1. The fourth-order valence-corrected chi connectivity index (χ4v) is 3.51. The molecule has 16 heavy (non-hydrogen) atoms. The van der Waals surface area contributed by atoms with Gasteiger partial charge in [-0.3, -0.25) is 4.79 Å². The molecule has 3 heteroatoms. The summed E-state index contributed by atoms with van der Waals surface area (Å²) in [6.07, 6.45) is 5.98. The molecule has 1 N–H and O–H groups in total. The van der Waals surface area contributed by atoms with Gasteiger partial charge in [0.1, 0.15) is 0 Å². The van der Waals surface area contributed by atoms with Crippen molar-refractivity contribution in [3.8, 4) is 0 Å². The summed E-state index contributed by atoms with van der Waals surface area (Å²) in [5.74, 6) is 0.197. The first-order valence-electron chi connectivity index (χ1n) is 6.46. The Balaban J connectivity index is 2.16. The SMILES string of the molecule is CC1CCCC(C(=O)O)(C2CCCOC2)C1. The van der Waals surface area contributed by atoms with Crippen molar-refractivity contribution in [2.45, 2.75) is 45.4 Å². The lowest BCUT2D eigenvalue weighted by atomic mass is 9.62. The van der Waals surface area contributed by atoms with E-state index in [9.17, 15) is 9.90 Å². The van der Waals surface area contributed by atoms with Crippen molar-refractivity contribution in [1.29, 1.82) is 0 Å². The number of carboxylic acid groups (broad SMARTS) is 1. The Kier molecular flexibility index (Phi) is 3.53. The van der Waals surface area contributed by atoms with Gasteiger partial charge in [-0.15, -0.1) is 0 Å². The van der Waals surface area contributed by atoms with Gasteiger partial charge in [0.15, 0.2) is 0 Å². The van der Waals surface area contributed by atoms with Crippen molar-refractivity contribution >= 4 is 5.97 Å². The van der Waals surface area contributed by atoms with Gasteiger partial charge in [-0.1, -0.05) is 19.8 Å². The molecule has 2 aliphatic rings. The highest BCUT2D eigenvalue weighted by Crippen LogP contribution is 2.47. The third-order valence-corrected chi connectivity index (χ3v) is 4.40.